The number of hydrogen-bond donors (Lipinski definition) is 1. The maximum absolute atomic E-state index is 12.7. The number of amides is 1. The number of Topliss-reactive ketones (excluding diaryl/α,β-unsaturated/α-hetero) is 1. The summed E-state index contributed by atoms with van der Waals surface area (Å²) in [5.41, 5.74) is 1.34. The molecule has 1 N–H and O–H groups in total. The van der Waals surface area contributed by atoms with Crippen molar-refractivity contribution in [2.45, 2.75) is 20.8 Å². The Morgan fingerprint density at radius 3 is 2.81 bits per heavy atom. The molecule has 3 rings (SSSR count). The van der Waals surface area contributed by atoms with Crippen molar-refractivity contribution < 1.29 is 19.1 Å². The highest BCUT2D eigenvalue weighted by Crippen LogP contribution is 2.34. The summed E-state index contributed by atoms with van der Waals surface area (Å²) in [5.74, 6) is -1.24. The molecule has 0 aromatic carbocycles. The Balaban J connectivity index is 2.01. The third-order valence-electron chi connectivity index (χ3n) is 3.70. The van der Waals surface area contributed by atoms with Crippen molar-refractivity contribution >= 4 is 39.6 Å². The van der Waals surface area contributed by atoms with Crippen LogP contribution in [0.1, 0.15) is 49.8 Å². The van der Waals surface area contributed by atoms with Gasteiger partial charge in [-0.3, -0.25) is 9.59 Å². The largest absolute Gasteiger partial charge is 0.462 e. The second-order valence-electron chi connectivity index (χ2n) is 5.44. The fourth-order valence-corrected chi connectivity index (χ4v) is 3.63. The second kappa shape index (κ2) is 7.04. The van der Waals surface area contributed by atoms with Crippen LogP contribution in [-0.4, -0.2) is 38.9 Å². The summed E-state index contributed by atoms with van der Waals surface area (Å²) in [7, 11) is 0. The lowest BCUT2D eigenvalue weighted by Gasteiger charge is -2.06. The Kier molecular flexibility index (Phi) is 4.81. The van der Waals surface area contributed by atoms with Gasteiger partial charge in [0.1, 0.15) is 10.6 Å². The van der Waals surface area contributed by atoms with Gasteiger partial charge in [-0.2, -0.15) is 5.10 Å². The Morgan fingerprint density at radius 1 is 1.35 bits per heavy atom. The maximum atomic E-state index is 12.7. The fraction of sp³-hybridized carbons (Fsp3) is 0.235. The maximum Gasteiger partial charge on any atom is 0.341 e. The molecular formula is C17H16N4O4S. The number of aromatic nitrogens is 3. The average Bonchev–Trinajstić information content (AvgIpc) is 3.16. The minimum atomic E-state index is -0.581. The van der Waals surface area contributed by atoms with Crippen LogP contribution in [0.25, 0.3) is 5.65 Å². The lowest BCUT2D eigenvalue weighted by molar-refractivity contribution is 0.0527. The van der Waals surface area contributed by atoms with Crippen molar-refractivity contribution in [1.82, 2.24) is 14.6 Å². The van der Waals surface area contributed by atoms with Crippen molar-refractivity contribution in [3.8, 4) is 0 Å². The van der Waals surface area contributed by atoms with E-state index in [1.54, 1.807) is 32.3 Å². The zero-order valence-corrected chi connectivity index (χ0v) is 15.2. The first kappa shape index (κ1) is 17.7. The topological polar surface area (TPSA) is 103 Å². The number of anilines is 1. The van der Waals surface area contributed by atoms with E-state index in [4.69, 9.17) is 4.74 Å². The monoisotopic (exact) mass is 372 g/mol. The van der Waals surface area contributed by atoms with Crippen LogP contribution in [0.15, 0.2) is 24.7 Å². The number of hydrogen-bond acceptors (Lipinski definition) is 7. The van der Waals surface area contributed by atoms with Gasteiger partial charge in [0.15, 0.2) is 11.4 Å². The zero-order valence-electron chi connectivity index (χ0n) is 14.4. The van der Waals surface area contributed by atoms with Crippen LogP contribution in [-0.2, 0) is 4.74 Å². The van der Waals surface area contributed by atoms with Crippen LogP contribution in [0.5, 0.6) is 0 Å². The molecule has 0 aliphatic carbocycles. The van der Waals surface area contributed by atoms with Gasteiger partial charge < -0.3 is 10.1 Å². The van der Waals surface area contributed by atoms with Crippen molar-refractivity contribution in [2.75, 3.05) is 11.9 Å². The zero-order chi connectivity index (χ0) is 18.8. The van der Waals surface area contributed by atoms with E-state index >= 15 is 0 Å². The normalized spacial score (nSPS) is 10.7. The van der Waals surface area contributed by atoms with E-state index in [2.05, 4.69) is 15.4 Å². The number of carbonyl (C=O) groups is 3. The highest BCUT2D eigenvalue weighted by atomic mass is 32.1. The van der Waals surface area contributed by atoms with Gasteiger partial charge in [-0.05, 0) is 32.4 Å². The van der Waals surface area contributed by atoms with Crippen molar-refractivity contribution in [3.05, 3.63) is 46.2 Å². The molecule has 26 heavy (non-hydrogen) atoms. The molecule has 9 heteroatoms. The Bertz CT molecular complexity index is 1020. The van der Waals surface area contributed by atoms with Gasteiger partial charge in [-0.1, -0.05) is 0 Å². The fourth-order valence-electron chi connectivity index (χ4n) is 2.54. The molecule has 0 saturated carbocycles. The van der Waals surface area contributed by atoms with E-state index in [0.29, 0.717) is 16.1 Å². The second-order valence-corrected chi connectivity index (χ2v) is 6.46. The summed E-state index contributed by atoms with van der Waals surface area (Å²) in [6.07, 6.45) is 4.63. The molecule has 1 amide bonds. The average molecular weight is 372 g/mol. The Morgan fingerprint density at radius 2 is 2.12 bits per heavy atom. The first-order chi connectivity index (χ1) is 12.4. The number of nitrogens with zero attached hydrogens (tertiary/aromatic N) is 3. The number of thiophene rings is 1. The minimum Gasteiger partial charge on any atom is -0.462 e. The summed E-state index contributed by atoms with van der Waals surface area (Å²) in [4.78, 5) is 41.3. The van der Waals surface area contributed by atoms with Crippen molar-refractivity contribution in [3.63, 3.8) is 0 Å². The molecule has 134 valence electrons. The highest BCUT2D eigenvalue weighted by Gasteiger charge is 2.26. The Labute approximate surface area is 152 Å². The molecule has 3 aromatic heterocycles. The van der Waals surface area contributed by atoms with E-state index in [0.717, 1.165) is 11.3 Å². The summed E-state index contributed by atoms with van der Waals surface area (Å²) < 4.78 is 6.54. The van der Waals surface area contributed by atoms with Gasteiger partial charge in [0.05, 0.1) is 23.2 Å². The summed E-state index contributed by atoms with van der Waals surface area (Å²) in [5, 5.41) is 7.03. The van der Waals surface area contributed by atoms with Gasteiger partial charge in [-0.25, -0.2) is 14.3 Å². The van der Waals surface area contributed by atoms with Crippen molar-refractivity contribution in [2.24, 2.45) is 0 Å². The number of esters is 1. The van der Waals surface area contributed by atoms with Crippen LogP contribution >= 0.6 is 11.3 Å². The predicted molar refractivity (Wildman–Crippen MR) is 96.0 cm³/mol. The number of nitrogens with one attached hydrogen (secondary N) is 1. The molecule has 0 bridgehead atoms. The van der Waals surface area contributed by atoms with Gasteiger partial charge in [0.25, 0.3) is 5.91 Å². The number of fused-ring (bicyclic) bond motifs is 1. The van der Waals surface area contributed by atoms with E-state index in [9.17, 15) is 14.4 Å². The first-order valence-electron chi connectivity index (χ1n) is 7.85. The Hall–Kier alpha value is -3.07. The molecule has 0 radical (unpaired) electrons. The smallest absolute Gasteiger partial charge is 0.341 e. The molecular weight excluding hydrogens is 356 g/mol. The molecule has 0 spiro atoms. The molecule has 0 unspecified atom stereocenters. The lowest BCUT2D eigenvalue weighted by atomic mass is 10.1. The number of ketones is 1. The van der Waals surface area contributed by atoms with E-state index < -0.39 is 11.9 Å². The SMILES string of the molecule is CCOC(=O)c1c(NC(=O)c2cnn3cccnc23)sc(C(C)=O)c1C. The summed E-state index contributed by atoms with van der Waals surface area (Å²) in [6.45, 7) is 4.95. The standard InChI is InChI=1S/C17H16N4O4S/c1-4-25-17(24)12-9(2)13(10(3)22)26-16(12)20-15(23)11-8-19-21-7-5-6-18-14(11)21/h5-8H,4H2,1-3H3,(H,20,23). The molecule has 3 aromatic rings. The van der Waals surface area contributed by atoms with Crippen LogP contribution < -0.4 is 5.32 Å². The molecule has 0 aliphatic heterocycles. The van der Waals surface area contributed by atoms with Gasteiger partial charge in [0, 0.05) is 12.4 Å². The van der Waals surface area contributed by atoms with Crippen molar-refractivity contribution in [1.29, 1.82) is 0 Å². The summed E-state index contributed by atoms with van der Waals surface area (Å²) >= 11 is 1.05. The molecule has 0 fully saturated rings. The molecule has 3 heterocycles. The third-order valence-corrected chi connectivity index (χ3v) is 5.01. The predicted octanol–water partition coefficient (Wildman–Crippen LogP) is 2.73. The number of rotatable bonds is 5. The molecule has 8 nitrogen and oxygen atoms in total. The van der Waals surface area contributed by atoms with Crippen LogP contribution in [0.4, 0.5) is 5.00 Å². The van der Waals surface area contributed by atoms with Crippen LogP contribution in [0, 0.1) is 6.92 Å². The van der Waals surface area contributed by atoms with E-state index in [1.165, 1.54) is 17.6 Å². The third kappa shape index (κ3) is 3.08. The van der Waals surface area contributed by atoms with E-state index in [-0.39, 0.29) is 28.5 Å². The van der Waals surface area contributed by atoms with Gasteiger partial charge in [0.2, 0.25) is 0 Å². The first-order valence-corrected chi connectivity index (χ1v) is 8.66. The van der Waals surface area contributed by atoms with E-state index in [1.807, 2.05) is 0 Å². The summed E-state index contributed by atoms with van der Waals surface area (Å²) in [6, 6.07) is 1.70. The number of carbonyl (C=O) groups excluding carboxylic acids is 3. The van der Waals surface area contributed by atoms with Crippen LogP contribution in [0.2, 0.25) is 0 Å². The molecule has 0 aliphatic rings. The molecule has 0 saturated heterocycles. The highest BCUT2D eigenvalue weighted by molar-refractivity contribution is 7.18. The quantitative estimate of drug-likeness (QED) is 0.546. The number of ether oxygens (including phenoxy) is 1. The van der Waals surface area contributed by atoms with Gasteiger partial charge in [-0.15, -0.1) is 11.3 Å². The lowest BCUT2D eigenvalue weighted by Crippen LogP contribution is -2.15. The minimum absolute atomic E-state index is 0.184. The van der Waals surface area contributed by atoms with Crippen LogP contribution in [0.3, 0.4) is 0 Å². The van der Waals surface area contributed by atoms with Gasteiger partial charge >= 0.3 is 5.97 Å². The molecule has 0 atom stereocenters.